The number of amides is 1. The second-order valence-electron chi connectivity index (χ2n) is 6.58. The van der Waals surface area contributed by atoms with Crippen LogP contribution in [-0.4, -0.2) is 34.6 Å². The Bertz CT molecular complexity index is 645. The number of rotatable bonds is 8. The van der Waals surface area contributed by atoms with Crippen molar-refractivity contribution in [3.05, 3.63) is 59.5 Å². The van der Waals surface area contributed by atoms with E-state index in [1.54, 1.807) is 32.2 Å². The Morgan fingerprint density at radius 1 is 1.29 bits per heavy atom. The number of nitrogens with one attached hydrogen (secondary N) is 1. The van der Waals surface area contributed by atoms with Crippen molar-refractivity contribution in [2.45, 2.75) is 39.5 Å². The van der Waals surface area contributed by atoms with Gasteiger partial charge in [0.25, 0.3) is 5.91 Å². The minimum absolute atomic E-state index is 0.126. The molecule has 0 aliphatic rings. The van der Waals surface area contributed by atoms with Crippen molar-refractivity contribution in [3.63, 3.8) is 0 Å². The summed E-state index contributed by atoms with van der Waals surface area (Å²) in [4.78, 5) is 14.4. The SMILES string of the molecule is CCN(Cc1cccc(C(=O)NCc2ccco2)c1)CC(C)(C)O. The van der Waals surface area contributed by atoms with E-state index in [0.29, 0.717) is 25.2 Å². The summed E-state index contributed by atoms with van der Waals surface area (Å²) >= 11 is 0. The molecule has 0 saturated heterocycles. The zero-order valence-electron chi connectivity index (χ0n) is 14.6. The standard InChI is InChI=1S/C19H26N2O3/c1-4-21(14-19(2,3)23)13-15-7-5-8-16(11-15)18(22)20-12-17-9-6-10-24-17/h5-11,23H,4,12-14H2,1-3H3,(H,20,22). The fourth-order valence-corrected chi connectivity index (χ4v) is 2.58. The molecule has 5 nitrogen and oxygen atoms in total. The molecular formula is C19H26N2O3. The number of benzene rings is 1. The number of furan rings is 1. The first-order valence-corrected chi connectivity index (χ1v) is 8.21. The Kier molecular flexibility index (Phi) is 6.17. The molecule has 24 heavy (non-hydrogen) atoms. The zero-order valence-corrected chi connectivity index (χ0v) is 14.6. The second kappa shape index (κ2) is 8.13. The van der Waals surface area contributed by atoms with Crippen molar-refractivity contribution in [2.75, 3.05) is 13.1 Å². The Labute approximate surface area is 143 Å². The first kappa shape index (κ1) is 18.2. The van der Waals surface area contributed by atoms with Crippen LogP contribution in [0.2, 0.25) is 0 Å². The Morgan fingerprint density at radius 3 is 2.71 bits per heavy atom. The molecule has 0 bridgehead atoms. The van der Waals surface area contributed by atoms with E-state index in [9.17, 15) is 9.90 Å². The topological polar surface area (TPSA) is 65.7 Å². The summed E-state index contributed by atoms with van der Waals surface area (Å²) in [5.74, 6) is 0.598. The van der Waals surface area contributed by atoms with Crippen LogP contribution in [0.1, 0.15) is 42.5 Å². The maximum atomic E-state index is 12.3. The lowest BCUT2D eigenvalue weighted by Gasteiger charge is -2.28. The average Bonchev–Trinajstić information content (AvgIpc) is 3.04. The lowest BCUT2D eigenvalue weighted by atomic mass is 10.1. The number of aliphatic hydroxyl groups is 1. The number of hydrogen-bond acceptors (Lipinski definition) is 4. The van der Waals surface area contributed by atoms with Gasteiger partial charge >= 0.3 is 0 Å². The molecular weight excluding hydrogens is 304 g/mol. The molecule has 0 fully saturated rings. The van der Waals surface area contributed by atoms with E-state index in [1.807, 2.05) is 24.3 Å². The van der Waals surface area contributed by atoms with Crippen molar-refractivity contribution in [3.8, 4) is 0 Å². The normalized spacial score (nSPS) is 11.7. The highest BCUT2D eigenvalue weighted by atomic mass is 16.3. The molecule has 0 atom stereocenters. The van der Waals surface area contributed by atoms with Gasteiger partial charge < -0.3 is 14.8 Å². The van der Waals surface area contributed by atoms with Gasteiger partial charge in [-0.2, -0.15) is 0 Å². The molecule has 0 aliphatic heterocycles. The number of likely N-dealkylation sites (N-methyl/N-ethyl adjacent to an activating group) is 1. The van der Waals surface area contributed by atoms with Crippen LogP contribution in [-0.2, 0) is 13.1 Å². The van der Waals surface area contributed by atoms with Crippen molar-refractivity contribution in [2.24, 2.45) is 0 Å². The van der Waals surface area contributed by atoms with Gasteiger partial charge in [0, 0.05) is 18.7 Å². The highest BCUT2D eigenvalue weighted by molar-refractivity contribution is 5.94. The molecule has 5 heteroatoms. The van der Waals surface area contributed by atoms with Crippen LogP contribution in [0.25, 0.3) is 0 Å². The molecule has 1 aromatic carbocycles. The summed E-state index contributed by atoms with van der Waals surface area (Å²) in [5.41, 5.74) is 0.929. The minimum Gasteiger partial charge on any atom is -0.467 e. The third kappa shape index (κ3) is 5.83. The molecule has 0 radical (unpaired) electrons. The van der Waals surface area contributed by atoms with E-state index in [4.69, 9.17) is 4.42 Å². The van der Waals surface area contributed by atoms with Crippen LogP contribution in [0.15, 0.2) is 47.1 Å². The van der Waals surface area contributed by atoms with Crippen molar-refractivity contribution >= 4 is 5.91 Å². The number of hydrogen-bond donors (Lipinski definition) is 2. The van der Waals surface area contributed by atoms with Crippen LogP contribution in [0.5, 0.6) is 0 Å². The average molecular weight is 330 g/mol. The summed E-state index contributed by atoms with van der Waals surface area (Å²) < 4.78 is 5.21. The predicted octanol–water partition coefficient (Wildman–Crippen LogP) is 2.80. The second-order valence-corrected chi connectivity index (χ2v) is 6.58. The third-order valence-corrected chi connectivity index (χ3v) is 3.66. The lowest BCUT2D eigenvalue weighted by molar-refractivity contribution is 0.0353. The van der Waals surface area contributed by atoms with Gasteiger partial charge in [0.1, 0.15) is 5.76 Å². The maximum absolute atomic E-state index is 12.3. The van der Waals surface area contributed by atoms with Gasteiger partial charge in [-0.05, 0) is 50.2 Å². The molecule has 130 valence electrons. The highest BCUT2D eigenvalue weighted by Crippen LogP contribution is 2.12. The maximum Gasteiger partial charge on any atom is 0.251 e. The highest BCUT2D eigenvalue weighted by Gasteiger charge is 2.17. The van der Waals surface area contributed by atoms with Gasteiger partial charge in [-0.25, -0.2) is 0 Å². The van der Waals surface area contributed by atoms with Crippen LogP contribution in [0.3, 0.4) is 0 Å². The fourth-order valence-electron chi connectivity index (χ4n) is 2.58. The van der Waals surface area contributed by atoms with Gasteiger partial charge in [-0.15, -0.1) is 0 Å². The molecule has 2 rings (SSSR count). The van der Waals surface area contributed by atoms with Crippen molar-refractivity contribution < 1.29 is 14.3 Å². The first-order chi connectivity index (χ1) is 11.4. The van der Waals surface area contributed by atoms with Gasteiger partial charge in [-0.3, -0.25) is 9.69 Å². The van der Waals surface area contributed by atoms with E-state index in [-0.39, 0.29) is 5.91 Å². The van der Waals surface area contributed by atoms with Crippen LogP contribution < -0.4 is 5.32 Å². The van der Waals surface area contributed by atoms with E-state index < -0.39 is 5.60 Å². The fraction of sp³-hybridized carbons (Fsp3) is 0.421. The zero-order chi connectivity index (χ0) is 17.6. The van der Waals surface area contributed by atoms with E-state index in [0.717, 1.165) is 17.9 Å². The largest absolute Gasteiger partial charge is 0.467 e. The smallest absolute Gasteiger partial charge is 0.251 e. The Balaban J connectivity index is 1.98. The van der Waals surface area contributed by atoms with Crippen LogP contribution >= 0.6 is 0 Å². The third-order valence-electron chi connectivity index (χ3n) is 3.66. The quantitative estimate of drug-likeness (QED) is 0.781. The molecule has 0 spiro atoms. The monoisotopic (exact) mass is 330 g/mol. The summed E-state index contributed by atoms with van der Waals surface area (Å²) in [6.45, 7) is 8.14. The van der Waals surface area contributed by atoms with Crippen molar-refractivity contribution in [1.29, 1.82) is 0 Å². The summed E-state index contributed by atoms with van der Waals surface area (Å²) in [6.07, 6.45) is 1.59. The Hall–Kier alpha value is -2.11. The first-order valence-electron chi connectivity index (χ1n) is 8.21. The minimum atomic E-state index is -0.742. The molecule has 1 aromatic heterocycles. The molecule has 0 saturated carbocycles. The molecule has 0 aliphatic carbocycles. The summed E-state index contributed by atoms with van der Waals surface area (Å²) in [6, 6.07) is 11.2. The number of carbonyl (C=O) groups excluding carboxylic acids is 1. The van der Waals surface area contributed by atoms with Gasteiger partial charge in [-0.1, -0.05) is 19.1 Å². The summed E-state index contributed by atoms with van der Waals surface area (Å²) in [7, 11) is 0. The predicted molar refractivity (Wildman–Crippen MR) is 93.6 cm³/mol. The van der Waals surface area contributed by atoms with E-state index in [2.05, 4.69) is 17.1 Å². The van der Waals surface area contributed by atoms with Crippen molar-refractivity contribution in [1.82, 2.24) is 10.2 Å². The molecule has 1 heterocycles. The van der Waals surface area contributed by atoms with Gasteiger partial charge in [0.05, 0.1) is 18.4 Å². The Morgan fingerprint density at radius 2 is 2.08 bits per heavy atom. The number of carbonyl (C=O) groups is 1. The van der Waals surface area contributed by atoms with Gasteiger partial charge in [0.15, 0.2) is 0 Å². The molecule has 2 aromatic rings. The molecule has 2 N–H and O–H groups in total. The van der Waals surface area contributed by atoms with Crippen LogP contribution in [0.4, 0.5) is 0 Å². The summed E-state index contributed by atoms with van der Waals surface area (Å²) in [5, 5.41) is 12.8. The number of nitrogens with zero attached hydrogens (tertiary/aromatic N) is 1. The van der Waals surface area contributed by atoms with E-state index in [1.165, 1.54) is 0 Å². The van der Waals surface area contributed by atoms with E-state index >= 15 is 0 Å². The molecule has 1 amide bonds. The lowest BCUT2D eigenvalue weighted by Crippen LogP contribution is -2.38. The molecule has 0 unspecified atom stereocenters. The van der Waals surface area contributed by atoms with Gasteiger partial charge in [0.2, 0.25) is 0 Å². The van der Waals surface area contributed by atoms with Crippen LogP contribution in [0, 0.1) is 0 Å².